The molecule has 2 heterocycles. The monoisotopic (exact) mass is 414 g/mol. The molecule has 29 heavy (non-hydrogen) atoms. The first kappa shape index (κ1) is 21.4. The molecule has 2 aliphatic heterocycles. The molecule has 0 radical (unpaired) electrons. The zero-order valence-electron chi connectivity index (χ0n) is 17.9. The van der Waals surface area contributed by atoms with Crippen LogP contribution in [0.1, 0.15) is 45.2 Å². The van der Waals surface area contributed by atoms with E-state index in [-0.39, 0.29) is 17.9 Å². The van der Waals surface area contributed by atoms with Crippen molar-refractivity contribution in [3.05, 3.63) is 41.1 Å². The lowest BCUT2D eigenvalue weighted by atomic mass is 9.93. The summed E-state index contributed by atoms with van der Waals surface area (Å²) in [6.07, 6.45) is 1.53. The van der Waals surface area contributed by atoms with Crippen LogP contribution in [0.4, 0.5) is 5.69 Å². The summed E-state index contributed by atoms with van der Waals surface area (Å²) in [5, 5.41) is 3.97. The summed E-state index contributed by atoms with van der Waals surface area (Å²) in [6, 6.07) is 7.65. The molecule has 0 spiro atoms. The number of nitrogens with zero attached hydrogens (tertiary/aromatic N) is 3. The highest BCUT2D eigenvalue weighted by Crippen LogP contribution is 2.40. The number of rotatable bonds is 5. The number of fused-ring (bicyclic) bond motifs is 1. The first-order chi connectivity index (χ1) is 13.8. The SMILES string of the molecule is CC1=C(C(=O)N(C)C)[C@@H](c2cccc(NC(=O)CC(C)C)c2)N2CCCSC2=N1. The Labute approximate surface area is 177 Å². The van der Waals surface area contributed by atoms with Crippen LogP contribution in [0.2, 0.25) is 0 Å². The van der Waals surface area contributed by atoms with Crippen LogP contribution in [-0.4, -0.2) is 53.2 Å². The van der Waals surface area contributed by atoms with Gasteiger partial charge in [0.2, 0.25) is 5.91 Å². The van der Waals surface area contributed by atoms with Crippen molar-refractivity contribution < 1.29 is 9.59 Å². The smallest absolute Gasteiger partial charge is 0.253 e. The predicted octanol–water partition coefficient (Wildman–Crippen LogP) is 3.88. The zero-order chi connectivity index (χ0) is 21.1. The quantitative estimate of drug-likeness (QED) is 0.794. The summed E-state index contributed by atoms with van der Waals surface area (Å²) in [7, 11) is 3.54. The standard InChI is InChI=1S/C22H30N4O2S/c1-14(2)12-18(27)24-17-9-6-8-16(13-17)20-19(21(28)25(4)5)15(3)23-22-26(20)10-7-11-29-22/h6,8-9,13-14,20H,7,10-12H2,1-5H3,(H,24,27)/t20-/m1/s1. The van der Waals surface area contributed by atoms with Crippen LogP contribution in [0.3, 0.4) is 0 Å². The van der Waals surface area contributed by atoms with Crippen molar-refractivity contribution in [3.8, 4) is 0 Å². The molecule has 0 aromatic heterocycles. The number of benzene rings is 1. The van der Waals surface area contributed by atoms with Crippen LogP contribution in [0.15, 0.2) is 40.5 Å². The third kappa shape index (κ3) is 4.83. The second kappa shape index (κ2) is 9.03. The molecular weight excluding hydrogens is 384 g/mol. The summed E-state index contributed by atoms with van der Waals surface area (Å²) in [5.74, 6) is 1.32. The number of hydrogen-bond acceptors (Lipinski definition) is 5. The molecule has 1 N–H and O–H groups in total. The van der Waals surface area contributed by atoms with Crippen molar-refractivity contribution in [2.45, 2.75) is 39.7 Å². The molecule has 156 valence electrons. The van der Waals surface area contributed by atoms with Gasteiger partial charge in [-0.15, -0.1) is 0 Å². The van der Waals surface area contributed by atoms with E-state index in [1.807, 2.05) is 45.0 Å². The Bertz CT molecular complexity index is 860. The lowest BCUT2D eigenvalue weighted by Crippen LogP contribution is -2.43. The minimum Gasteiger partial charge on any atom is -0.345 e. The lowest BCUT2D eigenvalue weighted by molar-refractivity contribution is -0.125. The maximum Gasteiger partial charge on any atom is 0.253 e. The average molecular weight is 415 g/mol. The Hall–Kier alpha value is -2.28. The Kier molecular flexibility index (Phi) is 6.67. The number of aliphatic imine (C=N–C) groups is 1. The molecule has 1 atom stereocenters. The fraction of sp³-hybridized carbons (Fsp3) is 0.500. The van der Waals surface area contributed by atoms with E-state index >= 15 is 0 Å². The van der Waals surface area contributed by atoms with E-state index < -0.39 is 0 Å². The summed E-state index contributed by atoms with van der Waals surface area (Å²) in [4.78, 5) is 33.9. The van der Waals surface area contributed by atoms with Gasteiger partial charge in [-0.1, -0.05) is 37.7 Å². The highest BCUT2D eigenvalue weighted by Gasteiger charge is 2.37. The number of amides is 2. The molecule has 2 amide bonds. The van der Waals surface area contributed by atoms with Gasteiger partial charge in [0.1, 0.15) is 0 Å². The van der Waals surface area contributed by atoms with Crippen LogP contribution in [0.5, 0.6) is 0 Å². The largest absolute Gasteiger partial charge is 0.345 e. The Morgan fingerprint density at radius 1 is 1.34 bits per heavy atom. The van der Waals surface area contributed by atoms with Crippen molar-refractivity contribution in [2.75, 3.05) is 31.7 Å². The van der Waals surface area contributed by atoms with Gasteiger partial charge in [-0.2, -0.15) is 0 Å². The van der Waals surface area contributed by atoms with Crippen molar-refractivity contribution in [1.29, 1.82) is 0 Å². The fourth-order valence-corrected chi connectivity index (χ4v) is 4.72. The molecule has 0 unspecified atom stereocenters. The summed E-state index contributed by atoms with van der Waals surface area (Å²) < 4.78 is 0. The van der Waals surface area contributed by atoms with Crippen molar-refractivity contribution in [3.63, 3.8) is 0 Å². The number of anilines is 1. The number of likely N-dealkylation sites (N-methyl/N-ethyl adjacent to an activating group) is 1. The molecule has 1 saturated heterocycles. The van der Waals surface area contributed by atoms with Crippen LogP contribution >= 0.6 is 11.8 Å². The molecule has 0 bridgehead atoms. The topological polar surface area (TPSA) is 65.0 Å². The maximum absolute atomic E-state index is 13.0. The minimum absolute atomic E-state index is 0.00730. The first-order valence-corrected chi connectivity index (χ1v) is 11.1. The molecule has 6 nitrogen and oxygen atoms in total. The molecule has 1 fully saturated rings. The Balaban J connectivity index is 1.99. The summed E-state index contributed by atoms with van der Waals surface area (Å²) >= 11 is 1.74. The Morgan fingerprint density at radius 2 is 2.10 bits per heavy atom. The number of carbonyl (C=O) groups is 2. The third-order valence-corrected chi connectivity index (χ3v) is 6.05. The summed E-state index contributed by atoms with van der Waals surface area (Å²) in [5.41, 5.74) is 3.22. The molecule has 1 aromatic carbocycles. The van der Waals surface area contributed by atoms with Crippen molar-refractivity contribution in [1.82, 2.24) is 9.80 Å². The molecule has 3 rings (SSSR count). The number of hydrogen-bond donors (Lipinski definition) is 1. The molecular formula is C22H30N4O2S. The van der Waals surface area contributed by atoms with E-state index in [2.05, 4.69) is 10.2 Å². The molecule has 2 aliphatic rings. The van der Waals surface area contributed by atoms with Gasteiger partial charge in [-0.05, 0) is 37.0 Å². The summed E-state index contributed by atoms with van der Waals surface area (Å²) in [6.45, 7) is 6.83. The van der Waals surface area contributed by atoms with E-state index in [1.54, 1.807) is 30.8 Å². The van der Waals surface area contributed by atoms with Gasteiger partial charge in [0.15, 0.2) is 5.17 Å². The van der Waals surface area contributed by atoms with Crippen LogP contribution in [-0.2, 0) is 9.59 Å². The highest BCUT2D eigenvalue weighted by atomic mass is 32.2. The zero-order valence-corrected chi connectivity index (χ0v) is 18.7. The number of nitrogens with one attached hydrogen (secondary N) is 1. The third-order valence-electron chi connectivity index (χ3n) is 4.97. The van der Waals surface area contributed by atoms with Gasteiger partial charge >= 0.3 is 0 Å². The second-order valence-corrected chi connectivity index (χ2v) is 9.22. The number of thioether (sulfide) groups is 1. The van der Waals surface area contributed by atoms with E-state index in [4.69, 9.17) is 4.99 Å². The molecule has 0 saturated carbocycles. The van der Waals surface area contributed by atoms with Gasteiger partial charge in [0.05, 0.1) is 17.3 Å². The maximum atomic E-state index is 13.0. The van der Waals surface area contributed by atoms with E-state index in [0.717, 1.165) is 40.8 Å². The minimum atomic E-state index is -0.202. The molecule has 1 aromatic rings. The number of allylic oxidation sites excluding steroid dienone is 1. The van der Waals surface area contributed by atoms with Crippen LogP contribution in [0, 0.1) is 5.92 Å². The lowest BCUT2D eigenvalue weighted by Gasteiger charge is -2.41. The molecule has 7 heteroatoms. The van der Waals surface area contributed by atoms with Crippen LogP contribution in [0.25, 0.3) is 0 Å². The molecule has 0 aliphatic carbocycles. The highest BCUT2D eigenvalue weighted by molar-refractivity contribution is 8.13. The van der Waals surface area contributed by atoms with E-state index in [1.165, 1.54) is 0 Å². The number of carbonyl (C=O) groups excluding carboxylic acids is 2. The second-order valence-electron chi connectivity index (χ2n) is 8.16. The number of amidine groups is 1. The van der Waals surface area contributed by atoms with Gasteiger partial charge in [-0.3, -0.25) is 9.59 Å². The van der Waals surface area contributed by atoms with Crippen molar-refractivity contribution >= 4 is 34.4 Å². The van der Waals surface area contributed by atoms with Gasteiger partial charge < -0.3 is 15.1 Å². The Morgan fingerprint density at radius 3 is 2.79 bits per heavy atom. The average Bonchev–Trinajstić information content (AvgIpc) is 2.65. The van der Waals surface area contributed by atoms with Crippen molar-refractivity contribution in [2.24, 2.45) is 10.9 Å². The first-order valence-electron chi connectivity index (χ1n) is 10.1. The van der Waals surface area contributed by atoms with E-state index in [9.17, 15) is 9.59 Å². The predicted molar refractivity (Wildman–Crippen MR) is 120 cm³/mol. The van der Waals surface area contributed by atoms with E-state index in [0.29, 0.717) is 17.9 Å². The fourth-order valence-electron chi connectivity index (χ4n) is 3.70. The van der Waals surface area contributed by atoms with Crippen LogP contribution < -0.4 is 5.32 Å². The normalized spacial score (nSPS) is 19.0. The van der Waals surface area contributed by atoms with Gasteiger partial charge in [0.25, 0.3) is 5.91 Å². The van der Waals surface area contributed by atoms with Gasteiger partial charge in [-0.25, -0.2) is 4.99 Å². The van der Waals surface area contributed by atoms with Gasteiger partial charge in [0, 0.05) is 38.5 Å².